The van der Waals surface area contributed by atoms with Gasteiger partial charge >= 0.3 is 0 Å². The van der Waals surface area contributed by atoms with Crippen molar-refractivity contribution in [2.75, 3.05) is 19.6 Å². The molecule has 0 unspecified atom stereocenters. The van der Waals surface area contributed by atoms with Crippen LogP contribution in [0.2, 0.25) is 0 Å². The van der Waals surface area contributed by atoms with Gasteiger partial charge in [-0.1, -0.05) is 0 Å². The van der Waals surface area contributed by atoms with E-state index in [9.17, 15) is 4.79 Å². The lowest BCUT2D eigenvalue weighted by molar-refractivity contribution is -0.122. The Kier molecular flexibility index (Phi) is 5.59. The molecule has 1 aromatic heterocycles. The standard InChI is InChI=1S/C14H24N6O/c1-3-15-14(18-10-12-6-7-19-20(12)2)17-9-8-16-13(21)11-4-5-11/h6-7,11H,3-5,8-10H2,1-2H3,(H,16,21)(H2,15,17,18). The monoisotopic (exact) mass is 292 g/mol. The maximum Gasteiger partial charge on any atom is 0.223 e. The largest absolute Gasteiger partial charge is 0.357 e. The first kappa shape index (κ1) is 15.3. The van der Waals surface area contributed by atoms with Crippen LogP contribution in [0.5, 0.6) is 0 Å². The minimum absolute atomic E-state index is 0.175. The van der Waals surface area contributed by atoms with Crippen LogP contribution in [0.1, 0.15) is 25.5 Å². The lowest BCUT2D eigenvalue weighted by Crippen LogP contribution is -2.41. The highest BCUT2D eigenvalue weighted by Gasteiger charge is 2.28. The molecule has 1 fully saturated rings. The van der Waals surface area contributed by atoms with E-state index >= 15 is 0 Å². The van der Waals surface area contributed by atoms with Crippen LogP contribution in [0.15, 0.2) is 17.3 Å². The minimum atomic E-state index is 0.175. The lowest BCUT2D eigenvalue weighted by Gasteiger charge is -2.11. The van der Waals surface area contributed by atoms with Gasteiger partial charge < -0.3 is 16.0 Å². The van der Waals surface area contributed by atoms with E-state index in [4.69, 9.17) is 0 Å². The molecule has 7 heteroatoms. The number of aryl methyl sites for hydroxylation is 1. The molecule has 0 radical (unpaired) electrons. The third-order valence-electron chi connectivity index (χ3n) is 3.33. The SMILES string of the molecule is CCNC(=NCc1ccnn1C)NCCNC(=O)C1CC1. The Morgan fingerprint density at radius 2 is 2.14 bits per heavy atom. The van der Waals surface area contributed by atoms with Crippen LogP contribution in [-0.2, 0) is 18.4 Å². The van der Waals surface area contributed by atoms with E-state index in [-0.39, 0.29) is 11.8 Å². The summed E-state index contributed by atoms with van der Waals surface area (Å²) in [6.45, 7) is 4.67. The molecule has 0 bridgehead atoms. The fourth-order valence-corrected chi connectivity index (χ4v) is 1.91. The van der Waals surface area contributed by atoms with Crippen LogP contribution in [0.3, 0.4) is 0 Å². The molecule has 0 spiro atoms. The van der Waals surface area contributed by atoms with Crippen LogP contribution in [0, 0.1) is 5.92 Å². The quantitative estimate of drug-likeness (QED) is 0.375. The highest BCUT2D eigenvalue weighted by Crippen LogP contribution is 2.28. The van der Waals surface area contributed by atoms with Gasteiger partial charge in [0.1, 0.15) is 0 Å². The molecule has 1 heterocycles. The van der Waals surface area contributed by atoms with Crippen molar-refractivity contribution in [1.29, 1.82) is 0 Å². The maximum absolute atomic E-state index is 11.5. The molecule has 3 N–H and O–H groups in total. The first-order chi connectivity index (χ1) is 10.2. The molecule has 21 heavy (non-hydrogen) atoms. The van der Waals surface area contributed by atoms with Crippen molar-refractivity contribution in [3.63, 3.8) is 0 Å². The fourth-order valence-electron chi connectivity index (χ4n) is 1.91. The number of nitrogens with one attached hydrogen (secondary N) is 3. The van der Waals surface area contributed by atoms with Gasteiger partial charge in [0.15, 0.2) is 5.96 Å². The summed E-state index contributed by atoms with van der Waals surface area (Å²) in [6, 6.07) is 1.95. The van der Waals surface area contributed by atoms with E-state index in [1.165, 1.54) is 0 Å². The first-order valence-electron chi connectivity index (χ1n) is 7.47. The van der Waals surface area contributed by atoms with Crippen LogP contribution in [-0.4, -0.2) is 41.3 Å². The number of hydrogen-bond donors (Lipinski definition) is 3. The van der Waals surface area contributed by atoms with Crippen LogP contribution in [0.25, 0.3) is 0 Å². The lowest BCUT2D eigenvalue weighted by atomic mass is 10.4. The highest BCUT2D eigenvalue weighted by molar-refractivity contribution is 5.81. The number of nitrogens with zero attached hydrogens (tertiary/aromatic N) is 3. The third-order valence-corrected chi connectivity index (χ3v) is 3.33. The number of hydrogen-bond acceptors (Lipinski definition) is 3. The Bertz CT molecular complexity index is 491. The molecular formula is C14H24N6O. The van der Waals surface area contributed by atoms with Crippen molar-refractivity contribution >= 4 is 11.9 Å². The summed E-state index contributed by atoms with van der Waals surface area (Å²) >= 11 is 0. The molecule has 0 aromatic carbocycles. The van der Waals surface area contributed by atoms with Gasteiger partial charge in [0.2, 0.25) is 5.91 Å². The summed E-state index contributed by atoms with van der Waals surface area (Å²) < 4.78 is 1.81. The Labute approximate surface area is 125 Å². The van der Waals surface area contributed by atoms with Crippen LogP contribution in [0.4, 0.5) is 0 Å². The van der Waals surface area contributed by atoms with E-state index in [2.05, 4.69) is 26.0 Å². The van der Waals surface area contributed by atoms with E-state index in [0.29, 0.717) is 19.6 Å². The summed E-state index contributed by atoms with van der Waals surface area (Å²) in [5.74, 6) is 1.18. The van der Waals surface area contributed by atoms with Gasteiger partial charge in [-0.3, -0.25) is 9.48 Å². The molecule has 0 saturated heterocycles. The van der Waals surface area contributed by atoms with Crippen molar-refractivity contribution < 1.29 is 4.79 Å². The van der Waals surface area contributed by atoms with Crippen LogP contribution < -0.4 is 16.0 Å². The van der Waals surface area contributed by atoms with Gasteiger partial charge in [-0.25, -0.2) is 4.99 Å². The second-order valence-corrected chi connectivity index (χ2v) is 5.13. The summed E-state index contributed by atoms with van der Waals surface area (Å²) in [7, 11) is 1.90. The Morgan fingerprint density at radius 3 is 2.76 bits per heavy atom. The number of guanidine groups is 1. The van der Waals surface area contributed by atoms with Crippen molar-refractivity contribution in [3.05, 3.63) is 18.0 Å². The molecule has 0 aliphatic heterocycles. The van der Waals surface area contributed by atoms with Gasteiger partial charge in [0.25, 0.3) is 0 Å². The van der Waals surface area contributed by atoms with Crippen molar-refractivity contribution in [3.8, 4) is 0 Å². The number of aromatic nitrogens is 2. The van der Waals surface area contributed by atoms with E-state index in [1.807, 2.05) is 24.7 Å². The van der Waals surface area contributed by atoms with E-state index in [1.54, 1.807) is 6.20 Å². The predicted octanol–water partition coefficient (Wildman–Crippen LogP) is 0.00140. The summed E-state index contributed by atoms with van der Waals surface area (Å²) in [5, 5.41) is 13.4. The molecular weight excluding hydrogens is 268 g/mol. The van der Waals surface area contributed by atoms with Crippen molar-refractivity contribution in [1.82, 2.24) is 25.7 Å². The fraction of sp³-hybridized carbons (Fsp3) is 0.643. The van der Waals surface area contributed by atoms with Gasteiger partial charge in [0.05, 0.1) is 12.2 Å². The zero-order valence-corrected chi connectivity index (χ0v) is 12.7. The molecule has 2 rings (SSSR count). The number of carbonyl (C=O) groups excluding carboxylic acids is 1. The van der Waals surface area contributed by atoms with Crippen LogP contribution >= 0.6 is 0 Å². The smallest absolute Gasteiger partial charge is 0.223 e. The average Bonchev–Trinajstić information content (AvgIpc) is 3.24. The predicted molar refractivity (Wildman–Crippen MR) is 81.8 cm³/mol. The Morgan fingerprint density at radius 1 is 1.38 bits per heavy atom. The molecule has 1 aliphatic rings. The normalized spacial score (nSPS) is 14.9. The van der Waals surface area contributed by atoms with Gasteiger partial charge in [-0.15, -0.1) is 0 Å². The number of amides is 1. The molecule has 7 nitrogen and oxygen atoms in total. The second kappa shape index (κ2) is 7.66. The average molecular weight is 292 g/mol. The van der Waals surface area contributed by atoms with Gasteiger partial charge in [0, 0.05) is 38.8 Å². The van der Waals surface area contributed by atoms with Crippen molar-refractivity contribution in [2.45, 2.75) is 26.3 Å². The number of rotatable bonds is 7. The first-order valence-corrected chi connectivity index (χ1v) is 7.47. The molecule has 116 valence electrons. The summed E-state index contributed by atoms with van der Waals surface area (Å²) in [6.07, 6.45) is 3.83. The number of aliphatic imine (C=N–C) groups is 1. The topological polar surface area (TPSA) is 83.3 Å². The van der Waals surface area contributed by atoms with E-state index < -0.39 is 0 Å². The maximum atomic E-state index is 11.5. The Hall–Kier alpha value is -2.05. The molecule has 0 atom stereocenters. The summed E-state index contributed by atoms with van der Waals surface area (Å²) in [4.78, 5) is 16.0. The minimum Gasteiger partial charge on any atom is -0.357 e. The molecule has 1 aliphatic carbocycles. The summed E-state index contributed by atoms with van der Waals surface area (Å²) in [5.41, 5.74) is 1.05. The van der Waals surface area contributed by atoms with Gasteiger partial charge in [-0.2, -0.15) is 5.10 Å². The molecule has 1 aromatic rings. The second-order valence-electron chi connectivity index (χ2n) is 5.13. The highest BCUT2D eigenvalue weighted by atomic mass is 16.2. The zero-order chi connectivity index (χ0) is 15.1. The third kappa shape index (κ3) is 5.09. The Balaban J connectivity index is 1.72. The van der Waals surface area contributed by atoms with Crippen molar-refractivity contribution in [2.24, 2.45) is 18.0 Å². The van der Waals surface area contributed by atoms with Gasteiger partial charge in [-0.05, 0) is 25.8 Å². The molecule has 1 amide bonds. The molecule has 1 saturated carbocycles. The van der Waals surface area contributed by atoms with E-state index in [0.717, 1.165) is 31.0 Å². The number of carbonyl (C=O) groups is 1. The zero-order valence-electron chi connectivity index (χ0n) is 12.7.